The third-order valence-electron chi connectivity index (χ3n) is 1.68. The third-order valence-corrected chi connectivity index (χ3v) is 1.68. The average Bonchev–Trinajstić information content (AvgIpc) is 2.16. The van der Waals surface area contributed by atoms with Crippen LogP contribution in [0.1, 0.15) is 6.92 Å². The normalized spacial score (nSPS) is 20.6. The molecule has 0 aromatic carbocycles. The standard InChI is InChI=1S/C7H12N2O3/c1-5(10)3-9-6(11)4-8(2)7(9)12/h5,10H,3-4H2,1-2H3. The first-order chi connectivity index (χ1) is 5.52. The van der Waals surface area contributed by atoms with Crippen molar-refractivity contribution in [2.24, 2.45) is 0 Å². The van der Waals surface area contributed by atoms with Crippen LogP contribution < -0.4 is 0 Å². The van der Waals surface area contributed by atoms with Crippen LogP contribution in [0.2, 0.25) is 0 Å². The molecule has 1 atom stereocenters. The van der Waals surface area contributed by atoms with E-state index in [2.05, 4.69) is 0 Å². The predicted octanol–water partition coefficient (Wildman–Crippen LogP) is -0.739. The zero-order valence-corrected chi connectivity index (χ0v) is 7.15. The summed E-state index contributed by atoms with van der Waals surface area (Å²) >= 11 is 0. The van der Waals surface area contributed by atoms with Crippen molar-refractivity contribution in [2.75, 3.05) is 20.1 Å². The highest BCUT2D eigenvalue weighted by molar-refractivity contribution is 6.01. The second-order valence-corrected chi connectivity index (χ2v) is 2.99. The van der Waals surface area contributed by atoms with Crippen LogP contribution in [0, 0.1) is 0 Å². The Morgan fingerprint density at radius 1 is 1.58 bits per heavy atom. The van der Waals surface area contributed by atoms with Crippen LogP contribution in [0.4, 0.5) is 4.79 Å². The predicted molar refractivity (Wildman–Crippen MR) is 41.4 cm³/mol. The summed E-state index contributed by atoms with van der Waals surface area (Å²) in [4.78, 5) is 24.6. The summed E-state index contributed by atoms with van der Waals surface area (Å²) in [5, 5.41) is 8.97. The number of carbonyl (C=O) groups is 2. The number of urea groups is 1. The van der Waals surface area contributed by atoms with Gasteiger partial charge in [-0.3, -0.25) is 9.69 Å². The van der Waals surface area contributed by atoms with Crippen LogP contribution in [-0.4, -0.2) is 53.1 Å². The van der Waals surface area contributed by atoms with Crippen molar-refractivity contribution in [1.29, 1.82) is 0 Å². The van der Waals surface area contributed by atoms with Crippen molar-refractivity contribution in [1.82, 2.24) is 9.80 Å². The van der Waals surface area contributed by atoms with E-state index in [0.717, 1.165) is 4.90 Å². The molecule has 1 heterocycles. The molecule has 1 N–H and O–H groups in total. The van der Waals surface area contributed by atoms with Crippen molar-refractivity contribution < 1.29 is 14.7 Å². The van der Waals surface area contributed by atoms with Gasteiger partial charge in [0.05, 0.1) is 12.6 Å². The molecule has 12 heavy (non-hydrogen) atoms. The zero-order chi connectivity index (χ0) is 9.30. The molecule has 0 spiro atoms. The Hall–Kier alpha value is -1.10. The van der Waals surface area contributed by atoms with Crippen molar-refractivity contribution in [3.05, 3.63) is 0 Å². The second kappa shape index (κ2) is 3.10. The van der Waals surface area contributed by atoms with Crippen molar-refractivity contribution in [3.63, 3.8) is 0 Å². The number of aliphatic hydroxyl groups excluding tert-OH is 1. The van der Waals surface area contributed by atoms with Crippen LogP contribution >= 0.6 is 0 Å². The molecule has 0 aromatic heterocycles. The number of amides is 3. The van der Waals surface area contributed by atoms with E-state index in [0.29, 0.717) is 0 Å². The van der Waals surface area contributed by atoms with Crippen LogP contribution in [0.15, 0.2) is 0 Å². The highest BCUT2D eigenvalue weighted by Crippen LogP contribution is 2.07. The number of aliphatic hydroxyl groups is 1. The van der Waals surface area contributed by atoms with Gasteiger partial charge < -0.3 is 10.0 Å². The molecule has 0 radical (unpaired) electrons. The number of hydrogen-bond acceptors (Lipinski definition) is 3. The number of likely N-dealkylation sites (N-methyl/N-ethyl adjacent to an activating group) is 1. The quantitative estimate of drug-likeness (QED) is 0.558. The van der Waals surface area contributed by atoms with E-state index in [9.17, 15) is 9.59 Å². The number of hydrogen-bond donors (Lipinski definition) is 1. The third kappa shape index (κ3) is 1.55. The van der Waals surface area contributed by atoms with E-state index in [4.69, 9.17) is 5.11 Å². The Morgan fingerprint density at radius 3 is 2.50 bits per heavy atom. The molecule has 68 valence electrons. The highest BCUT2D eigenvalue weighted by atomic mass is 16.3. The molecule has 1 rings (SSSR count). The summed E-state index contributed by atoms with van der Waals surface area (Å²) in [5.41, 5.74) is 0. The lowest BCUT2D eigenvalue weighted by Gasteiger charge is -2.15. The van der Waals surface area contributed by atoms with Crippen molar-refractivity contribution >= 4 is 11.9 Å². The number of carbonyl (C=O) groups excluding carboxylic acids is 2. The van der Waals surface area contributed by atoms with Crippen LogP contribution in [0.3, 0.4) is 0 Å². The second-order valence-electron chi connectivity index (χ2n) is 2.99. The largest absolute Gasteiger partial charge is 0.392 e. The van der Waals surface area contributed by atoms with E-state index in [-0.39, 0.29) is 25.0 Å². The fourth-order valence-corrected chi connectivity index (χ4v) is 1.11. The van der Waals surface area contributed by atoms with Gasteiger partial charge in [-0.2, -0.15) is 0 Å². The molecular formula is C7H12N2O3. The first-order valence-electron chi connectivity index (χ1n) is 3.76. The maximum absolute atomic E-state index is 11.2. The molecule has 1 aliphatic rings. The van der Waals surface area contributed by atoms with Gasteiger partial charge in [0.1, 0.15) is 6.54 Å². The molecule has 1 aliphatic heterocycles. The number of imide groups is 1. The number of β-amino-alcohol motifs (C(OH)–C–C–N with tert-alkyl or cyclic N) is 1. The molecule has 1 unspecified atom stereocenters. The van der Waals surface area contributed by atoms with E-state index in [1.54, 1.807) is 14.0 Å². The first kappa shape index (κ1) is 8.99. The minimum Gasteiger partial charge on any atom is -0.392 e. The number of nitrogens with zero attached hydrogens (tertiary/aromatic N) is 2. The summed E-state index contributed by atoms with van der Waals surface area (Å²) in [6.45, 7) is 1.74. The Bertz CT molecular complexity index is 215. The Labute approximate surface area is 70.6 Å². The molecule has 0 aliphatic carbocycles. The van der Waals surface area contributed by atoms with Gasteiger partial charge in [-0.1, -0.05) is 0 Å². The summed E-state index contributed by atoms with van der Waals surface area (Å²) in [6.07, 6.45) is -0.663. The average molecular weight is 172 g/mol. The maximum Gasteiger partial charge on any atom is 0.327 e. The smallest absolute Gasteiger partial charge is 0.327 e. The lowest BCUT2D eigenvalue weighted by molar-refractivity contribution is -0.126. The maximum atomic E-state index is 11.2. The van der Waals surface area contributed by atoms with Crippen LogP contribution in [0.5, 0.6) is 0 Å². The Balaban J connectivity index is 2.64. The van der Waals surface area contributed by atoms with Gasteiger partial charge in [0, 0.05) is 7.05 Å². The molecular weight excluding hydrogens is 160 g/mol. The minimum atomic E-state index is -0.663. The van der Waals surface area contributed by atoms with E-state index in [1.165, 1.54) is 4.90 Å². The molecule has 1 saturated heterocycles. The van der Waals surface area contributed by atoms with Gasteiger partial charge in [0.15, 0.2) is 0 Å². The Kier molecular flexibility index (Phi) is 2.32. The van der Waals surface area contributed by atoms with Crippen LogP contribution in [0.25, 0.3) is 0 Å². The van der Waals surface area contributed by atoms with Gasteiger partial charge in [-0.25, -0.2) is 4.79 Å². The monoisotopic (exact) mass is 172 g/mol. The van der Waals surface area contributed by atoms with Crippen molar-refractivity contribution in [2.45, 2.75) is 13.0 Å². The van der Waals surface area contributed by atoms with Gasteiger partial charge in [-0.15, -0.1) is 0 Å². The lowest BCUT2D eigenvalue weighted by atomic mass is 10.4. The molecule has 3 amide bonds. The number of rotatable bonds is 2. The van der Waals surface area contributed by atoms with E-state index >= 15 is 0 Å². The summed E-state index contributed by atoms with van der Waals surface area (Å²) in [6, 6.07) is -0.332. The van der Waals surface area contributed by atoms with Gasteiger partial charge >= 0.3 is 6.03 Å². The minimum absolute atomic E-state index is 0.0853. The van der Waals surface area contributed by atoms with E-state index < -0.39 is 6.10 Å². The summed E-state index contributed by atoms with van der Waals surface area (Å²) in [5.74, 6) is -0.247. The molecule has 5 nitrogen and oxygen atoms in total. The van der Waals surface area contributed by atoms with E-state index in [1.807, 2.05) is 0 Å². The fourth-order valence-electron chi connectivity index (χ4n) is 1.11. The van der Waals surface area contributed by atoms with Crippen LogP contribution in [-0.2, 0) is 4.79 Å². The molecule has 1 fully saturated rings. The lowest BCUT2D eigenvalue weighted by Crippen LogP contribution is -2.36. The summed E-state index contributed by atoms with van der Waals surface area (Å²) < 4.78 is 0. The fraction of sp³-hybridized carbons (Fsp3) is 0.714. The van der Waals surface area contributed by atoms with Gasteiger partial charge in [0.25, 0.3) is 0 Å². The highest BCUT2D eigenvalue weighted by Gasteiger charge is 2.33. The zero-order valence-electron chi connectivity index (χ0n) is 7.15. The Morgan fingerprint density at radius 2 is 2.17 bits per heavy atom. The van der Waals surface area contributed by atoms with Gasteiger partial charge in [-0.05, 0) is 6.92 Å². The van der Waals surface area contributed by atoms with Crippen molar-refractivity contribution in [3.8, 4) is 0 Å². The summed E-state index contributed by atoms with van der Waals surface area (Å²) in [7, 11) is 1.56. The first-order valence-corrected chi connectivity index (χ1v) is 3.76. The molecule has 5 heteroatoms. The molecule has 0 aromatic rings. The molecule has 0 saturated carbocycles. The molecule has 0 bridgehead atoms. The SMILES string of the molecule is CC(O)CN1C(=O)CN(C)C1=O. The topological polar surface area (TPSA) is 60.9 Å². The van der Waals surface area contributed by atoms with Gasteiger partial charge in [0.2, 0.25) is 5.91 Å².